The lowest BCUT2D eigenvalue weighted by Crippen LogP contribution is -2.21. The molecular formula is C16H17ClFNO. The van der Waals surface area contributed by atoms with Crippen molar-refractivity contribution in [3.8, 4) is 0 Å². The van der Waals surface area contributed by atoms with Gasteiger partial charge in [0.2, 0.25) is 0 Å². The van der Waals surface area contributed by atoms with Gasteiger partial charge >= 0.3 is 0 Å². The molecule has 0 bridgehead atoms. The largest absolute Gasteiger partial charge is 0.388 e. The topological polar surface area (TPSA) is 46.2 Å². The highest BCUT2D eigenvalue weighted by atomic mass is 35.5. The second-order valence-corrected chi connectivity index (χ2v) is 5.30. The number of benzene rings is 2. The first kappa shape index (κ1) is 15.0. The number of aryl methyl sites for hydroxylation is 1. The maximum atomic E-state index is 13.9. The Morgan fingerprint density at radius 3 is 2.65 bits per heavy atom. The average molecular weight is 294 g/mol. The molecule has 3 N–H and O–H groups in total. The van der Waals surface area contributed by atoms with Gasteiger partial charge in [0.05, 0.1) is 6.10 Å². The number of hydrogen-bond donors (Lipinski definition) is 2. The summed E-state index contributed by atoms with van der Waals surface area (Å²) in [7, 11) is 0. The first-order valence-electron chi connectivity index (χ1n) is 6.42. The SMILES string of the molecule is Cc1ccc(F)c(C(O)C(CN)c2cccc(Cl)c2)c1. The molecule has 0 saturated heterocycles. The van der Waals surface area contributed by atoms with Crippen LogP contribution in [0.3, 0.4) is 0 Å². The van der Waals surface area contributed by atoms with Crippen molar-refractivity contribution in [3.05, 3.63) is 70.0 Å². The molecule has 0 aromatic heterocycles. The first-order valence-corrected chi connectivity index (χ1v) is 6.80. The molecule has 0 aliphatic carbocycles. The molecule has 0 spiro atoms. The minimum absolute atomic E-state index is 0.203. The van der Waals surface area contributed by atoms with Gasteiger partial charge in [-0.1, -0.05) is 41.4 Å². The number of nitrogens with two attached hydrogens (primary N) is 1. The lowest BCUT2D eigenvalue weighted by atomic mass is 9.88. The van der Waals surface area contributed by atoms with Crippen molar-refractivity contribution >= 4 is 11.6 Å². The summed E-state index contributed by atoms with van der Waals surface area (Å²) in [5.41, 5.74) is 7.71. The van der Waals surface area contributed by atoms with Gasteiger partial charge in [-0.15, -0.1) is 0 Å². The summed E-state index contributed by atoms with van der Waals surface area (Å²) in [5.74, 6) is -0.825. The molecule has 0 fully saturated rings. The zero-order valence-corrected chi connectivity index (χ0v) is 11.9. The number of rotatable bonds is 4. The smallest absolute Gasteiger partial charge is 0.129 e. The molecule has 4 heteroatoms. The van der Waals surface area contributed by atoms with Gasteiger partial charge < -0.3 is 10.8 Å². The van der Waals surface area contributed by atoms with Crippen molar-refractivity contribution in [2.75, 3.05) is 6.54 Å². The molecule has 0 aliphatic rings. The first-order chi connectivity index (χ1) is 9.52. The van der Waals surface area contributed by atoms with E-state index in [1.807, 2.05) is 13.0 Å². The standard InChI is InChI=1S/C16H17ClFNO/c1-10-5-6-15(18)13(7-10)16(20)14(9-19)11-3-2-4-12(17)8-11/h2-8,14,16,20H,9,19H2,1H3. The molecule has 106 valence electrons. The van der Waals surface area contributed by atoms with E-state index in [0.29, 0.717) is 5.02 Å². The summed E-state index contributed by atoms with van der Waals surface area (Å²) >= 11 is 5.96. The Morgan fingerprint density at radius 1 is 1.25 bits per heavy atom. The van der Waals surface area contributed by atoms with Crippen LogP contribution in [0.2, 0.25) is 5.02 Å². The van der Waals surface area contributed by atoms with Crippen LogP contribution >= 0.6 is 11.6 Å². The Labute approximate surface area is 123 Å². The van der Waals surface area contributed by atoms with Gasteiger partial charge in [0.25, 0.3) is 0 Å². The molecule has 0 radical (unpaired) electrons. The fourth-order valence-electron chi connectivity index (χ4n) is 2.29. The predicted molar refractivity (Wildman–Crippen MR) is 79.3 cm³/mol. The molecule has 2 rings (SSSR count). The Bertz CT molecular complexity index is 603. The quantitative estimate of drug-likeness (QED) is 0.905. The normalized spacial score (nSPS) is 14.1. The number of hydrogen-bond acceptors (Lipinski definition) is 2. The molecule has 2 unspecified atom stereocenters. The van der Waals surface area contributed by atoms with E-state index in [4.69, 9.17) is 17.3 Å². The van der Waals surface area contributed by atoms with Gasteiger partial charge in [0.15, 0.2) is 0 Å². The third-order valence-corrected chi connectivity index (χ3v) is 3.62. The van der Waals surface area contributed by atoms with Crippen molar-refractivity contribution < 1.29 is 9.50 Å². The van der Waals surface area contributed by atoms with Gasteiger partial charge in [-0.25, -0.2) is 4.39 Å². The fraction of sp³-hybridized carbons (Fsp3) is 0.250. The van der Waals surface area contributed by atoms with E-state index in [1.165, 1.54) is 6.07 Å². The van der Waals surface area contributed by atoms with Crippen LogP contribution in [0.25, 0.3) is 0 Å². The third-order valence-electron chi connectivity index (χ3n) is 3.38. The van der Waals surface area contributed by atoms with Gasteiger partial charge in [-0.3, -0.25) is 0 Å². The van der Waals surface area contributed by atoms with E-state index in [-0.39, 0.29) is 12.1 Å². The highest BCUT2D eigenvalue weighted by Crippen LogP contribution is 2.33. The van der Waals surface area contributed by atoms with E-state index >= 15 is 0 Å². The van der Waals surface area contributed by atoms with Crippen LogP contribution in [-0.2, 0) is 0 Å². The van der Waals surface area contributed by atoms with E-state index < -0.39 is 17.8 Å². The highest BCUT2D eigenvalue weighted by Gasteiger charge is 2.24. The predicted octanol–water partition coefficient (Wildman–Crippen LogP) is 3.56. The van der Waals surface area contributed by atoms with Crippen molar-refractivity contribution in [2.45, 2.75) is 18.9 Å². The van der Waals surface area contributed by atoms with Crippen LogP contribution < -0.4 is 5.73 Å². The monoisotopic (exact) mass is 293 g/mol. The molecule has 0 saturated carbocycles. The second-order valence-electron chi connectivity index (χ2n) is 4.87. The van der Waals surface area contributed by atoms with E-state index in [2.05, 4.69) is 0 Å². The van der Waals surface area contributed by atoms with Crippen molar-refractivity contribution in [1.29, 1.82) is 0 Å². The molecule has 0 aliphatic heterocycles. The molecule has 0 heterocycles. The van der Waals surface area contributed by atoms with Gasteiger partial charge in [0, 0.05) is 23.0 Å². The van der Waals surface area contributed by atoms with Crippen LogP contribution in [0, 0.1) is 12.7 Å². The lowest BCUT2D eigenvalue weighted by molar-refractivity contribution is 0.143. The Balaban J connectivity index is 2.38. The summed E-state index contributed by atoms with van der Waals surface area (Å²) in [5, 5.41) is 11.0. The average Bonchev–Trinajstić information content (AvgIpc) is 2.42. The molecule has 20 heavy (non-hydrogen) atoms. The van der Waals surface area contributed by atoms with Gasteiger partial charge in [-0.05, 0) is 30.7 Å². The van der Waals surface area contributed by atoms with Crippen molar-refractivity contribution in [2.24, 2.45) is 5.73 Å². The third kappa shape index (κ3) is 3.18. The molecular weight excluding hydrogens is 277 g/mol. The minimum atomic E-state index is -1.00. The number of aliphatic hydroxyl groups excluding tert-OH is 1. The Kier molecular flexibility index (Phi) is 4.76. The maximum absolute atomic E-state index is 13.9. The summed E-state index contributed by atoms with van der Waals surface area (Å²) in [4.78, 5) is 0. The van der Waals surface area contributed by atoms with E-state index in [0.717, 1.165) is 11.1 Å². The summed E-state index contributed by atoms with van der Waals surface area (Å²) < 4.78 is 13.9. The number of halogens is 2. The van der Waals surface area contributed by atoms with Gasteiger partial charge in [-0.2, -0.15) is 0 Å². The molecule has 2 nitrogen and oxygen atoms in total. The molecule has 2 aromatic carbocycles. The zero-order chi connectivity index (χ0) is 14.7. The van der Waals surface area contributed by atoms with Crippen LogP contribution in [0.1, 0.15) is 28.7 Å². The summed E-state index contributed by atoms with van der Waals surface area (Å²) in [6, 6.07) is 11.8. The minimum Gasteiger partial charge on any atom is -0.388 e. The van der Waals surface area contributed by atoms with E-state index in [1.54, 1.807) is 30.3 Å². The van der Waals surface area contributed by atoms with Crippen LogP contribution in [0.15, 0.2) is 42.5 Å². The molecule has 2 atom stereocenters. The summed E-state index contributed by atoms with van der Waals surface area (Å²) in [6.07, 6.45) is -1.00. The second kappa shape index (κ2) is 6.35. The van der Waals surface area contributed by atoms with E-state index in [9.17, 15) is 9.50 Å². The van der Waals surface area contributed by atoms with Crippen molar-refractivity contribution in [1.82, 2.24) is 0 Å². The van der Waals surface area contributed by atoms with Crippen LogP contribution in [0.5, 0.6) is 0 Å². The Hall–Kier alpha value is -1.42. The van der Waals surface area contributed by atoms with Gasteiger partial charge in [0.1, 0.15) is 5.82 Å². The lowest BCUT2D eigenvalue weighted by Gasteiger charge is -2.23. The Morgan fingerprint density at radius 2 is 2.00 bits per heavy atom. The fourth-order valence-corrected chi connectivity index (χ4v) is 2.49. The number of aliphatic hydroxyl groups is 1. The van der Waals surface area contributed by atoms with Crippen LogP contribution in [0.4, 0.5) is 4.39 Å². The zero-order valence-electron chi connectivity index (χ0n) is 11.2. The maximum Gasteiger partial charge on any atom is 0.129 e. The molecule has 2 aromatic rings. The summed E-state index contributed by atoms with van der Waals surface area (Å²) in [6.45, 7) is 2.06. The molecule has 0 amide bonds. The van der Waals surface area contributed by atoms with Crippen LogP contribution in [-0.4, -0.2) is 11.7 Å². The van der Waals surface area contributed by atoms with Crippen molar-refractivity contribution in [3.63, 3.8) is 0 Å². The highest BCUT2D eigenvalue weighted by molar-refractivity contribution is 6.30.